The third-order valence-electron chi connectivity index (χ3n) is 2.09. The molecule has 0 aromatic carbocycles. The molecular weight excluding hydrogens is 180 g/mol. The zero-order valence-electron chi connectivity index (χ0n) is 8.66. The highest BCUT2D eigenvalue weighted by molar-refractivity contribution is 5.77. The third-order valence-corrected chi connectivity index (χ3v) is 2.09. The van der Waals surface area contributed by atoms with Crippen LogP contribution in [0, 0.1) is 0 Å². The van der Waals surface area contributed by atoms with Gasteiger partial charge in [0.05, 0.1) is 25.1 Å². The van der Waals surface area contributed by atoms with Gasteiger partial charge in [0.25, 0.3) is 0 Å². The van der Waals surface area contributed by atoms with Crippen LogP contribution in [0.4, 0.5) is 0 Å². The molecule has 0 saturated carbocycles. The van der Waals surface area contributed by atoms with Gasteiger partial charge >= 0.3 is 5.97 Å². The largest absolute Gasteiger partial charge is 0.472 e. The van der Waals surface area contributed by atoms with Crippen LogP contribution in [0.15, 0.2) is 23.0 Å². The van der Waals surface area contributed by atoms with Crippen LogP contribution in [0.2, 0.25) is 0 Å². The molecule has 0 N–H and O–H groups in total. The van der Waals surface area contributed by atoms with E-state index in [9.17, 15) is 4.79 Å². The number of furan rings is 1. The lowest BCUT2D eigenvalue weighted by Crippen LogP contribution is -2.15. The normalized spacial score (nSPS) is 12.4. The van der Waals surface area contributed by atoms with E-state index in [1.165, 1.54) is 0 Å². The molecule has 1 aromatic heterocycles. The van der Waals surface area contributed by atoms with Gasteiger partial charge in [-0.3, -0.25) is 4.79 Å². The summed E-state index contributed by atoms with van der Waals surface area (Å²) in [5.41, 5.74) is 0.908. The molecular formula is C11H16O3. The van der Waals surface area contributed by atoms with Gasteiger partial charge in [-0.05, 0) is 19.4 Å². The highest BCUT2D eigenvalue weighted by Gasteiger charge is 2.21. The minimum atomic E-state index is -0.168. The Morgan fingerprint density at radius 3 is 2.86 bits per heavy atom. The van der Waals surface area contributed by atoms with Crippen LogP contribution in [0.1, 0.15) is 38.2 Å². The summed E-state index contributed by atoms with van der Waals surface area (Å²) in [4.78, 5) is 11.6. The molecule has 3 nitrogen and oxygen atoms in total. The van der Waals surface area contributed by atoms with Crippen molar-refractivity contribution in [1.82, 2.24) is 0 Å². The number of ether oxygens (including phenoxy) is 1. The summed E-state index contributed by atoms with van der Waals surface area (Å²) in [6.07, 6.45) is 4.95. The van der Waals surface area contributed by atoms with Crippen molar-refractivity contribution in [2.45, 2.75) is 32.6 Å². The van der Waals surface area contributed by atoms with Gasteiger partial charge in [0.2, 0.25) is 0 Å². The van der Waals surface area contributed by atoms with Crippen LogP contribution in [-0.2, 0) is 9.53 Å². The molecule has 1 rings (SSSR count). The molecule has 1 aromatic rings. The Balaban J connectivity index is 2.69. The van der Waals surface area contributed by atoms with Crippen LogP contribution >= 0.6 is 0 Å². The number of esters is 1. The number of carbonyl (C=O) groups is 1. The summed E-state index contributed by atoms with van der Waals surface area (Å²) in [5, 5.41) is 0. The average molecular weight is 196 g/mol. The van der Waals surface area contributed by atoms with Crippen LogP contribution in [0.25, 0.3) is 0 Å². The molecule has 14 heavy (non-hydrogen) atoms. The molecule has 0 amide bonds. The van der Waals surface area contributed by atoms with Gasteiger partial charge in [-0.1, -0.05) is 13.3 Å². The van der Waals surface area contributed by atoms with Crippen LogP contribution in [-0.4, -0.2) is 12.6 Å². The number of carbonyl (C=O) groups excluding carboxylic acids is 1. The van der Waals surface area contributed by atoms with Gasteiger partial charge < -0.3 is 9.15 Å². The average Bonchev–Trinajstić information content (AvgIpc) is 2.67. The summed E-state index contributed by atoms with van der Waals surface area (Å²) >= 11 is 0. The summed E-state index contributed by atoms with van der Waals surface area (Å²) in [5.74, 6) is -0.325. The minimum absolute atomic E-state index is 0.157. The molecule has 78 valence electrons. The Morgan fingerprint density at radius 2 is 2.36 bits per heavy atom. The van der Waals surface area contributed by atoms with Gasteiger partial charge in [0, 0.05) is 5.56 Å². The van der Waals surface area contributed by atoms with Crippen molar-refractivity contribution in [2.24, 2.45) is 0 Å². The maximum absolute atomic E-state index is 11.6. The lowest BCUT2D eigenvalue weighted by atomic mass is 9.97. The SMILES string of the molecule is CCCC(C(=O)OCC)c1ccoc1. The van der Waals surface area contributed by atoms with Gasteiger partial charge in [-0.15, -0.1) is 0 Å². The van der Waals surface area contributed by atoms with Crippen molar-refractivity contribution in [2.75, 3.05) is 6.61 Å². The number of rotatable bonds is 5. The first-order valence-corrected chi connectivity index (χ1v) is 4.98. The Labute approximate surface area is 84.1 Å². The van der Waals surface area contributed by atoms with Gasteiger partial charge in [0.1, 0.15) is 0 Å². The van der Waals surface area contributed by atoms with E-state index in [1.807, 2.05) is 19.9 Å². The molecule has 0 fully saturated rings. The molecule has 0 spiro atoms. The molecule has 0 bridgehead atoms. The lowest BCUT2D eigenvalue weighted by Gasteiger charge is -2.12. The molecule has 0 aliphatic carbocycles. The first kappa shape index (κ1) is 10.8. The van der Waals surface area contributed by atoms with Crippen LogP contribution in [0.5, 0.6) is 0 Å². The molecule has 0 aliphatic heterocycles. The van der Waals surface area contributed by atoms with E-state index in [0.717, 1.165) is 18.4 Å². The van der Waals surface area contributed by atoms with E-state index in [0.29, 0.717) is 6.61 Å². The molecule has 0 saturated heterocycles. The van der Waals surface area contributed by atoms with Crippen molar-refractivity contribution < 1.29 is 13.9 Å². The number of hydrogen-bond acceptors (Lipinski definition) is 3. The second-order valence-electron chi connectivity index (χ2n) is 3.15. The quantitative estimate of drug-likeness (QED) is 0.680. The van der Waals surface area contributed by atoms with E-state index < -0.39 is 0 Å². The summed E-state index contributed by atoms with van der Waals surface area (Å²) in [6.45, 7) is 4.29. The number of hydrogen-bond donors (Lipinski definition) is 0. The van der Waals surface area contributed by atoms with Crippen molar-refractivity contribution in [3.05, 3.63) is 24.2 Å². The first-order chi connectivity index (χ1) is 6.79. The van der Waals surface area contributed by atoms with Crippen LogP contribution < -0.4 is 0 Å². The van der Waals surface area contributed by atoms with Gasteiger partial charge in [-0.25, -0.2) is 0 Å². The van der Waals surface area contributed by atoms with E-state index in [1.54, 1.807) is 12.5 Å². The molecule has 0 aliphatic rings. The Morgan fingerprint density at radius 1 is 1.57 bits per heavy atom. The fourth-order valence-electron chi connectivity index (χ4n) is 1.43. The lowest BCUT2D eigenvalue weighted by molar-refractivity contribution is -0.145. The second-order valence-corrected chi connectivity index (χ2v) is 3.15. The van der Waals surface area contributed by atoms with Crippen molar-refractivity contribution in [3.8, 4) is 0 Å². The maximum atomic E-state index is 11.6. The zero-order valence-corrected chi connectivity index (χ0v) is 8.66. The Kier molecular flexibility index (Phi) is 4.23. The standard InChI is InChI=1S/C11H16O3/c1-3-5-10(11(12)14-4-2)9-6-7-13-8-9/h6-8,10H,3-5H2,1-2H3. The Bertz CT molecular complexity index is 264. The predicted molar refractivity (Wildman–Crippen MR) is 53.0 cm³/mol. The van der Waals surface area contributed by atoms with E-state index in [2.05, 4.69) is 0 Å². The van der Waals surface area contributed by atoms with Gasteiger partial charge in [-0.2, -0.15) is 0 Å². The second kappa shape index (κ2) is 5.47. The molecule has 1 atom stereocenters. The predicted octanol–water partition coefficient (Wildman–Crippen LogP) is 2.73. The van der Waals surface area contributed by atoms with Crippen molar-refractivity contribution >= 4 is 5.97 Å². The Hall–Kier alpha value is -1.25. The summed E-state index contributed by atoms with van der Waals surface area (Å²) in [6, 6.07) is 1.82. The molecule has 3 heteroatoms. The van der Waals surface area contributed by atoms with E-state index in [4.69, 9.17) is 9.15 Å². The summed E-state index contributed by atoms with van der Waals surface area (Å²) < 4.78 is 9.96. The highest BCUT2D eigenvalue weighted by Crippen LogP contribution is 2.23. The summed E-state index contributed by atoms with van der Waals surface area (Å²) in [7, 11) is 0. The van der Waals surface area contributed by atoms with Crippen molar-refractivity contribution in [3.63, 3.8) is 0 Å². The van der Waals surface area contributed by atoms with Crippen molar-refractivity contribution in [1.29, 1.82) is 0 Å². The smallest absolute Gasteiger partial charge is 0.313 e. The van der Waals surface area contributed by atoms with E-state index >= 15 is 0 Å². The highest BCUT2D eigenvalue weighted by atomic mass is 16.5. The molecule has 1 unspecified atom stereocenters. The van der Waals surface area contributed by atoms with Gasteiger partial charge in [0.15, 0.2) is 0 Å². The fraction of sp³-hybridized carbons (Fsp3) is 0.545. The van der Waals surface area contributed by atoms with E-state index in [-0.39, 0.29) is 11.9 Å². The molecule has 0 radical (unpaired) electrons. The fourth-order valence-corrected chi connectivity index (χ4v) is 1.43. The minimum Gasteiger partial charge on any atom is -0.472 e. The maximum Gasteiger partial charge on any atom is 0.313 e. The molecule has 1 heterocycles. The first-order valence-electron chi connectivity index (χ1n) is 4.98. The monoisotopic (exact) mass is 196 g/mol. The third kappa shape index (κ3) is 2.62. The van der Waals surface area contributed by atoms with Crippen LogP contribution in [0.3, 0.4) is 0 Å². The zero-order chi connectivity index (χ0) is 10.4. The topological polar surface area (TPSA) is 39.4 Å².